The van der Waals surface area contributed by atoms with Crippen molar-refractivity contribution in [3.8, 4) is 0 Å². The third-order valence-electron chi connectivity index (χ3n) is 11.9. The lowest BCUT2D eigenvalue weighted by atomic mass is 9.83. The van der Waals surface area contributed by atoms with Gasteiger partial charge in [0.2, 0.25) is 0 Å². The van der Waals surface area contributed by atoms with Crippen LogP contribution in [0.5, 0.6) is 0 Å². The van der Waals surface area contributed by atoms with Gasteiger partial charge in [0.05, 0.1) is 37.1 Å². The fourth-order valence-electron chi connectivity index (χ4n) is 7.93. The SMILES string of the molecule is CCCCCCCCCCCCCCCC(=O)O[C@@H]1COC(=O)CCC/C=C/C[C@@H]2[C@@H](O)[C@H](O)[C@@H](O)[C@H](OP(=O)(O)OC1)[C@H](O)[C@H](O)[C@@H](/C=C/[C@@H](O)CCCCC)[C@H](O)C[C@@H]2O. The van der Waals surface area contributed by atoms with E-state index in [-0.39, 0.29) is 19.3 Å². The summed E-state index contributed by atoms with van der Waals surface area (Å²) >= 11 is 0. The van der Waals surface area contributed by atoms with Crippen molar-refractivity contribution in [2.75, 3.05) is 13.2 Å². The molecule has 1 aliphatic carbocycles. The quantitative estimate of drug-likeness (QED) is 0.0309. The monoisotopic (exact) mass is 909 g/mol. The van der Waals surface area contributed by atoms with E-state index in [9.17, 15) is 59.9 Å². The van der Waals surface area contributed by atoms with Gasteiger partial charge in [-0.2, -0.15) is 0 Å². The third kappa shape index (κ3) is 22.4. The maximum atomic E-state index is 13.5. The molecule has 17 heteroatoms. The van der Waals surface area contributed by atoms with Crippen LogP contribution < -0.4 is 0 Å². The lowest BCUT2D eigenvalue weighted by Crippen LogP contribution is -2.55. The molecule has 2 bridgehead atoms. The fraction of sp³-hybridized carbons (Fsp3) is 0.867. The van der Waals surface area contributed by atoms with Gasteiger partial charge >= 0.3 is 19.8 Å². The minimum absolute atomic E-state index is 0.0350. The van der Waals surface area contributed by atoms with Crippen molar-refractivity contribution in [3.63, 3.8) is 0 Å². The van der Waals surface area contributed by atoms with Crippen LogP contribution in [-0.2, 0) is 32.7 Å². The van der Waals surface area contributed by atoms with Gasteiger partial charge in [-0.25, -0.2) is 4.57 Å². The Morgan fingerprint density at radius 3 is 1.98 bits per heavy atom. The maximum Gasteiger partial charge on any atom is 0.472 e. The number of phosphoric ester groups is 1. The molecular formula is C45H81O16P. The number of hydrogen-bond acceptors (Lipinski definition) is 15. The molecule has 1 unspecified atom stereocenters. The first-order valence-corrected chi connectivity index (χ1v) is 24.9. The Labute approximate surface area is 369 Å². The molecule has 1 saturated carbocycles. The number of cyclic esters (lactones) is 1. The number of fused-ring (bicyclic) bond motifs is 4. The van der Waals surface area contributed by atoms with Crippen LogP contribution in [0.1, 0.15) is 162 Å². The molecule has 2 rings (SSSR count). The van der Waals surface area contributed by atoms with Gasteiger partial charge in [0.1, 0.15) is 31.0 Å². The first kappa shape index (κ1) is 56.3. The highest BCUT2D eigenvalue weighted by Gasteiger charge is 2.49. The van der Waals surface area contributed by atoms with Crippen LogP contribution in [-0.4, -0.2) is 132 Å². The van der Waals surface area contributed by atoms with Gasteiger partial charge in [-0.15, -0.1) is 0 Å². The minimum atomic E-state index is -5.43. The predicted octanol–water partition coefficient (Wildman–Crippen LogP) is 5.21. The van der Waals surface area contributed by atoms with Crippen molar-refractivity contribution in [1.29, 1.82) is 0 Å². The van der Waals surface area contributed by atoms with Crippen LogP contribution >= 0.6 is 7.82 Å². The molecular weight excluding hydrogens is 827 g/mol. The van der Waals surface area contributed by atoms with Crippen molar-refractivity contribution in [3.05, 3.63) is 24.3 Å². The molecule has 1 heterocycles. The number of rotatable bonds is 21. The van der Waals surface area contributed by atoms with Crippen LogP contribution in [0.4, 0.5) is 0 Å². The van der Waals surface area contributed by atoms with Gasteiger partial charge < -0.3 is 55.2 Å². The fourth-order valence-corrected chi connectivity index (χ4v) is 8.90. The molecule has 9 N–H and O–H groups in total. The van der Waals surface area contributed by atoms with Crippen molar-refractivity contribution in [1.82, 2.24) is 0 Å². The van der Waals surface area contributed by atoms with E-state index in [4.69, 9.17) is 18.5 Å². The van der Waals surface area contributed by atoms with Crippen LogP contribution in [0.15, 0.2) is 24.3 Å². The molecule has 0 radical (unpaired) electrons. The topological polar surface area (TPSA) is 270 Å². The summed E-state index contributed by atoms with van der Waals surface area (Å²) in [4.78, 5) is 36.4. The minimum Gasteiger partial charge on any atom is -0.462 e. The average Bonchev–Trinajstić information content (AvgIpc) is 3.23. The number of carbonyl (C=O) groups excluding carboxylic acids is 2. The van der Waals surface area contributed by atoms with E-state index < -0.39 is 112 Å². The average molecular weight is 909 g/mol. The molecule has 362 valence electrons. The molecule has 0 amide bonds. The van der Waals surface area contributed by atoms with Crippen molar-refractivity contribution in [2.24, 2.45) is 11.8 Å². The highest BCUT2D eigenvalue weighted by molar-refractivity contribution is 7.47. The number of esters is 2. The number of hydrogen-bond donors (Lipinski definition) is 9. The summed E-state index contributed by atoms with van der Waals surface area (Å²) < 4.78 is 34.7. The van der Waals surface area contributed by atoms with Gasteiger partial charge in [0.25, 0.3) is 0 Å². The second-order valence-electron chi connectivity index (χ2n) is 17.2. The van der Waals surface area contributed by atoms with Crippen molar-refractivity contribution in [2.45, 2.75) is 223 Å². The third-order valence-corrected chi connectivity index (χ3v) is 12.8. The largest absolute Gasteiger partial charge is 0.472 e. The van der Waals surface area contributed by atoms with Gasteiger partial charge in [0, 0.05) is 31.1 Å². The second-order valence-corrected chi connectivity index (χ2v) is 18.6. The summed E-state index contributed by atoms with van der Waals surface area (Å²) in [5.41, 5.74) is 0. The lowest BCUT2D eigenvalue weighted by molar-refractivity contribution is -0.167. The molecule has 1 aliphatic heterocycles. The molecule has 0 aromatic heterocycles. The Morgan fingerprint density at radius 1 is 0.774 bits per heavy atom. The van der Waals surface area contributed by atoms with E-state index in [0.717, 1.165) is 38.5 Å². The number of aliphatic hydroxyl groups excluding tert-OH is 8. The molecule has 62 heavy (non-hydrogen) atoms. The van der Waals surface area contributed by atoms with E-state index in [1.54, 1.807) is 12.2 Å². The lowest BCUT2D eigenvalue weighted by Gasteiger charge is -2.37. The summed E-state index contributed by atoms with van der Waals surface area (Å²) in [5.74, 6) is -4.03. The van der Waals surface area contributed by atoms with Crippen molar-refractivity contribution >= 4 is 19.8 Å². The Hall–Kier alpha value is -1.79. The summed E-state index contributed by atoms with van der Waals surface area (Å²) in [6.07, 6.45) is 4.17. The van der Waals surface area contributed by atoms with Gasteiger partial charge in [-0.05, 0) is 32.1 Å². The molecule has 16 nitrogen and oxygen atoms in total. The summed E-state index contributed by atoms with van der Waals surface area (Å²) in [6.45, 7) is 2.82. The number of aliphatic hydroxyl groups is 8. The van der Waals surface area contributed by atoms with E-state index in [1.165, 1.54) is 63.5 Å². The predicted molar refractivity (Wildman–Crippen MR) is 232 cm³/mol. The maximum absolute atomic E-state index is 13.5. The molecule has 0 saturated heterocycles. The van der Waals surface area contributed by atoms with E-state index in [1.807, 2.05) is 6.92 Å². The molecule has 1 fully saturated rings. The van der Waals surface area contributed by atoms with Gasteiger partial charge in [-0.3, -0.25) is 18.6 Å². The Kier molecular flexibility index (Phi) is 29.1. The zero-order valence-corrected chi connectivity index (χ0v) is 38.1. The smallest absolute Gasteiger partial charge is 0.462 e. The van der Waals surface area contributed by atoms with E-state index in [0.29, 0.717) is 32.1 Å². The summed E-state index contributed by atoms with van der Waals surface area (Å²) in [5, 5.41) is 90.0. The normalized spacial score (nSPS) is 33.5. The second kappa shape index (κ2) is 32.0. The number of carbonyl (C=O) groups is 2. The number of phosphoric acid groups is 1. The summed E-state index contributed by atoms with van der Waals surface area (Å²) in [7, 11) is -5.43. The van der Waals surface area contributed by atoms with Crippen LogP contribution in [0.2, 0.25) is 0 Å². The van der Waals surface area contributed by atoms with Gasteiger partial charge in [-0.1, -0.05) is 134 Å². The molecule has 0 aromatic rings. The first-order valence-electron chi connectivity index (χ1n) is 23.4. The zero-order chi connectivity index (χ0) is 45.9. The highest BCUT2D eigenvalue weighted by Crippen LogP contribution is 2.47. The molecule has 0 spiro atoms. The number of ether oxygens (including phenoxy) is 2. The molecule has 2 aliphatic rings. The van der Waals surface area contributed by atoms with Crippen LogP contribution in [0.25, 0.3) is 0 Å². The molecule has 0 aromatic carbocycles. The summed E-state index contributed by atoms with van der Waals surface area (Å²) in [6, 6.07) is 0. The van der Waals surface area contributed by atoms with Gasteiger partial charge in [0.15, 0.2) is 6.10 Å². The van der Waals surface area contributed by atoms with Crippen LogP contribution in [0, 0.1) is 11.8 Å². The molecule has 13 atom stereocenters. The highest BCUT2D eigenvalue weighted by atomic mass is 31.2. The Bertz CT molecular complexity index is 1320. The standard InChI is InChI=1S/C45H81O16P/c1-3-5-7-8-9-10-11-12-13-14-15-16-22-26-39(50)60-33-30-58-38(49)25-21-18-17-20-24-34-36(47)29-37(48)35(28-27-32(46)23-19-6-4-2)41(52)43(54)45(44(55)42(53)40(34)51)61-62(56,57)59-31-33/h17,20,27-28,32-37,40-48,51-55H,3-16,18-19,21-26,29-31H2,1-2H3,(H,56,57)/b20-17+,28-27+/t32-,33+,34-,35-,36-,37+,40+,41+,42-,43+,44+,45+/m0/s1. The Morgan fingerprint density at radius 2 is 1.35 bits per heavy atom. The number of unbranched alkanes of at least 4 members (excludes halogenated alkanes) is 14. The Balaban J connectivity index is 2.25. The number of allylic oxidation sites excluding steroid dienone is 2. The van der Waals surface area contributed by atoms with Crippen LogP contribution in [0.3, 0.4) is 0 Å². The van der Waals surface area contributed by atoms with E-state index >= 15 is 0 Å². The first-order chi connectivity index (χ1) is 29.6. The zero-order valence-electron chi connectivity index (χ0n) is 37.2. The van der Waals surface area contributed by atoms with E-state index in [2.05, 4.69) is 6.92 Å². The van der Waals surface area contributed by atoms with Crippen molar-refractivity contribution < 1.29 is 78.4 Å².